The quantitative estimate of drug-likeness (QED) is 0.0344. The number of carbonyl (C=O) groups excluding carboxylic acids is 3. The fraction of sp³-hybridized carbons (Fsp3) is 0.945. The number of carbonyl (C=O) groups is 3. The summed E-state index contributed by atoms with van der Waals surface area (Å²) in [5, 5.41) is 0. The van der Waals surface area contributed by atoms with Gasteiger partial charge < -0.3 is 14.2 Å². The zero-order chi connectivity index (χ0) is 44.7. The van der Waals surface area contributed by atoms with E-state index in [0.29, 0.717) is 19.3 Å². The molecule has 6 heteroatoms. The summed E-state index contributed by atoms with van der Waals surface area (Å²) in [6, 6.07) is 0. The van der Waals surface area contributed by atoms with E-state index in [-0.39, 0.29) is 31.1 Å². The molecule has 0 spiro atoms. The van der Waals surface area contributed by atoms with E-state index in [1.807, 2.05) is 0 Å². The Morgan fingerprint density at radius 2 is 0.541 bits per heavy atom. The number of hydrogen-bond acceptors (Lipinski definition) is 6. The van der Waals surface area contributed by atoms with Crippen molar-refractivity contribution < 1.29 is 28.6 Å². The first-order valence-electron chi connectivity index (χ1n) is 27.2. The summed E-state index contributed by atoms with van der Waals surface area (Å²) >= 11 is 0. The van der Waals surface area contributed by atoms with Crippen molar-refractivity contribution in [2.75, 3.05) is 13.2 Å². The van der Waals surface area contributed by atoms with Gasteiger partial charge in [0.2, 0.25) is 0 Å². The third-order valence-corrected chi connectivity index (χ3v) is 12.5. The van der Waals surface area contributed by atoms with E-state index < -0.39 is 6.10 Å². The van der Waals surface area contributed by atoms with Crippen LogP contribution < -0.4 is 0 Å². The molecule has 0 N–H and O–H groups in total. The molecule has 0 saturated heterocycles. The van der Waals surface area contributed by atoms with E-state index in [1.165, 1.54) is 193 Å². The third kappa shape index (κ3) is 49.3. The van der Waals surface area contributed by atoms with Gasteiger partial charge in [0.05, 0.1) is 0 Å². The Morgan fingerprint density at radius 1 is 0.311 bits per heavy atom. The van der Waals surface area contributed by atoms with Crippen molar-refractivity contribution in [3.63, 3.8) is 0 Å². The summed E-state index contributed by atoms with van der Waals surface area (Å²) in [7, 11) is 0. The molecule has 362 valence electrons. The highest BCUT2D eigenvalue weighted by Gasteiger charge is 2.19. The number of esters is 3. The van der Waals surface area contributed by atoms with Crippen molar-refractivity contribution in [1.82, 2.24) is 0 Å². The van der Waals surface area contributed by atoms with Crippen LogP contribution in [0, 0.1) is 11.8 Å². The number of hydrogen-bond donors (Lipinski definition) is 0. The van der Waals surface area contributed by atoms with Crippen LogP contribution >= 0.6 is 0 Å². The lowest BCUT2D eigenvalue weighted by atomic mass is 10.0. The summed E-state index contributed by atoms with van der Waals surface area (Å²) in [5.41, 5.74) is 0. The molecule has 0 aliphatic heterocycles. The fourth-order valence-corrected chi connectivity index (χ4v) is 8.34. The Morgan fingerprint density at radius 3 is 0.803 bits per heavy atom. The third-order valence-electron chi connectivity index (χ3n) is 12.5. The topological polar surface area (TPSA) is 78.9 Å². The lowest BCUT2D eigenvalue weighted by Crippen LogP contribution is -2.30. The minimum absolute atomic E-state index is 0.0634. The second kappa shape index (κ2) is 47.9. The predicted octanol–water partition coefficient (Wildman–Crippen LogP) is 17.7. The molecule has 0 aliphatic carbocycles. The smallest absolute Gasteiger partial charge is 0.306 e. The van der Waals surface area contributed by atoms with Gasteiger partial charge >= 0.3 is 17.9 Å². The Labute approximate surface area is 380 Å². The first-order valence-corrected chi connectivity index (χ1v) is 27.2. The molecule has 0 aromatic rings. The molecule has 1 atom stereocenters. The van der Waals surface area contributed by atoms with Crippen LogP contribution in [-0.4, -0.2) is 37.2 Å². The molecule has 0 rings (SSSR count). The van der Waals surface area contributed by atoms with Gasteiger partial charge in [0, 0.05) is 19.3 Å². The van der Waals surface area contributed by atoms with Gasteiger partial charge in [0.15, 0.2) is 6.10 Å². The maximum atomic E-state index is 12.8. The first-order chi connectivity index (χ1) is 29.7. The van der Waals surface area contributed by atoms with E-state index in [2.05, 4.69) is 34.6 Å². The average Bonchev–Trinajstić information content (AvgIpc) is 3.23. The summed E-state index contributed by atoms with van der Waals surface area (Å²) in [5.74, 6) is 0.799. The van der Waals surface area contributed by atoms with Crippen LogP contribution in [0.15, 0.2) is 0 Å². The molecule has 0 bridgehead atoms. The number of rotatable bonds is 49. The lowest BCUT2D eigenvalue weighted by molar-refractivity contribution is -0.167. The van der Waals surface area contributed by atoms with Crippen LogP contribution in [0.3, 0.4) is 0 Å². The Bertz CT molecular complexity index is 931. The van der Waals surface area contributed by atoms with Gasteiger partial charge in [-0.3, -0.25) is 14.4 Å². The van der Waals surface area contributed by atoms with Crippen LogP contribution in [0.25, 0.3) is 0 Å². The van der Waals surface area contributed by atoms with Crippen LogP contribution in [0.5, 0.6) is 0 Å². The molecule has 0 radical (unpaired) electrons. The molecule has 0 aromatic carbocycles. The fourth-order valence-electron chi connectivity index (χ4n) is 8.34. The normalized spacial score (nSPS) is 12.0. The van der Waals surface area contributed by atoms with Gasteiger partial charge in [0.1, 0.15) is 13.2 Å². The molecule has 6 nitrogen and oxygen atoms in total. The molecular formula is C55H106O6. The zero-order valence-corrected chi connectivity index (χ0v) is 41.8. The lowest BCUT2D eigenvalue weighted by Gasteiger charge is -2.18. The minimum atomic E-state index is -0.762. The second-order valence-electron chi connectivity index (χ2n) is 19.8. The van der Waals surface area contributed by atoms with Crippen molar-refractivity contribution in [3.05, 3.63) is 0 Å². The molecule has 0 amide bonds. The number of unbranched alkanes of at least 4 members (excludes halogenated alkanes) is 34. The van der Waals surface area contributed by atoms with Gasteiger partial charge in [-0.2, -0.15) is 0 Å². The van der Waals surface area contributed by atoms with Crippen molar-refractivity contribution in [3.8, 4) is 0 Å². The minimum Gasteiger partial charge on any atom is -0.462 e. The zero-order valence-electron chi connectivity index (χ0n) is 41.8. The Kier molecular flexibility index (Phi) is 46.6. The molecule has 0 aliphatic rings. The van der Waals surface area contributed by atoms with Crippen molar-refractivity contribution in [2.45, 2.75) is 310 Å². The van der Waals surface area contributed by atoms with Gasteiger partial charge in [-0.15, -0.1) is 0 Å². The standard InChI is InChI=1S/C55H106O6/c1-6-7-8-9-10-11-12-13-18-21-24-30-35-40-45-53(56)59-48-52(49-60-54(57)46-41-36-31-27-26-29-34-39-44-51(4)5)61-55(58)47-42-37-32-25-22-19-16-14-15-17-20-23-28-33-38-43-50(2)3/h50-52H,6-49H2,1-5H3/t52-/m0/s1. The maximum absolute atomic E-state index is 12.8. The second-order valence-corrected chi connectivity index (χ2v) is 19.8. The maximum Gasteiger partial charge on any atom is 0.306 e. The van der Waals surface area contributed by atoms with E-state index >= 15 is 0 Å². The summed E-state index contributed by atoms with van der Waals surface area (Å²) in [6.45, 7) is 11.4. The molecular weight excluding hydrogens is 757 g/mol. The van der Waals surface area contributed by atoms with Crippen molar-refractivity contribution in [2.24, 2.45) is 11.8 Å². The van der Waals surface area contributed by atoms with E-state index in [1.54, 1.807) is 0 Å². The highest BCUT2D eigenvalue weighted by molar-refractivity contribution is 5.71. The van der Waals surface area contributed by atoms with E-state index in [9.17, 15) is 14.4 Å². The SMILES string of the molecule is CCCCCCCCCCCCCCCCC(=O)OC[C@@H](COC(=O)CCCCCCCCCCC(C)C)OC(=O)CCCCCCCCCCCCCCCCCC(C)C. The predicted molar refractivity (Wildman–Crippen MR) is 261 cm³/mol. The van der Waals surface area contributed by atoms with Crippen molar-refractivity contribution >= 4 is 17.9 Å². The number of ether oxygens (including phenoxy) is 3. The molecule has 0 unspecified atom stereocenters. The van der Waals surface area contributed by atoms with Gasteiger partial charge in [-0.25, -0.2) is 0 Å². The van der Waals surface area contributed by atoms with Crippen LogP contribution in [0.4, 0.5) is 0 Å². The highest BCUT2D eigenvalue weighted by atomic mass is 16.6. The average molecular weight is 863 g/mol. The van der Waals surface area contributed by atoms with Crippen LogP contribution in [-0.2, 0) is 28.6 Å². The molecule has 0 heterocycles. The van der Waals surface area contributed by atoms with Gasteiger partial charge in [-0.1, -0.05) is 266 Å². The Balaban J connectivity index is 4.28. The first kappa shape index (κ1) is 59.4. The highest BCUT2D eigenvalue weighted by Crippen LogP contribution is 2.18. The molecule has 0 aromatic heterocycles. The largest absolute Gasteiger partial charge is 0.462 e. The van der Waals surface area contributed by atoms with E-state index in [4.69, 9.17) is 14.2 Å². The summed E-state index contributed by atoms with van der Waals surface area (Å²) < 4.78 is 16.8. The summed E-state index contributed by atoms with van der Waals surface area (Å²) in [4.78, 5) is 38.0. The van der Waals surface area contributed by atoms with Crippen molar-refractivity contribution in [1.29, 1.82) is 0 Å². The van der Waals surface area contributed by atoms with Gasteiger partial charge in [0.25, 0.3) is 0 Å². The molecule has 61 heavy (non-hydrogen) atoms. The summed E-state index contributed by atoms with van der Waals surface area (Å²) in [6.07, 6.45) is 49.5. The molecule has 0 saturated carbocycles. The van der Waals surface area contributed by atoms with Gasteiger partial charge in [-0.05, 0) is 31.1 Å². The van der Waals surface area contributed by atoms with E-state index in [0.717, 1.165) is 69.6 Å². The monoisotopic (exact) mass is 863 g/mol. The Hall–Kier alpha value is -1.59. The van der Waals surface area contributed by atoms with Crippen LogP contribution in [0.1, 0.15) is 304 Å². The van der Waals surface area contributed by atoms with Crippen LogP contribution in [0.2, 0.25) is 0 Å². The molecule has 0 fully saturated rings.